The molecule has 0 bridgehead atoms. The van der Waals surface area contributed by atoms with Crippen LogP contribution in [0.15, 0.2) is 53.1 Å². The summed E-state index contributed by atoms with van der Waals surface area (Å²) in [7, 11) is 0. The Hall–Kier alpha value is -3.56. The molecule has 35 heavy (non-hydrogen) atoms. The van der Waals surface area contributed by atoms with Crippen LogP contribution in [0.2, 0.25) is 0 Å². The number of Topliss-reactive ketones (excluding diaryl/α,β-unsaturated/α-hetero) is 2. The van der Waals surface area contributed by atoms with Crippen LogP contribution < -0.4 is 0 Å². The van der Waals surface area contributed by atoms with E-state index in [1.54, 1.807) is 30.7 Å². The summed E-state index contributed by atoms with van der Waals surface area (Å²) in [5, 5.41) is 4.38. The quantitative estimate of drug-likeness (QED) is 0.293. The zero-order valence-corrected chi connectivity index (χ0v) is 19.8. The first-order valence-corrected chi connectivity index (χ1v) is 11.8. The maximum absolute atomic E-state index is 13.8. The Labute approximate surface area is 203 Å². The van der Waals surface area contributed by atoms with Crippen molar-refractivity contribution in [3.8, 4) is 5.69 Å². The molecule has 9 nitrogen and oxygen atoms in total. The second-order valence-corrected chi connectivity index (χ2v) is 8.94. The van der Waals surface area contributed by atoms with Gasteiger partial charge in [0.1, 0.15) is 23.5 Å². The second kappa shape index (κ2) is 9.59. The highest BCUT2D eigenvalue weighted by atomic mass is 16.5. The van der Waals surface area contributed by atoms with E-state index >= 15 is 0 Å². The summed E-state index contributed by atoms with van der Waals surface area (Å²) in [6.45, 7) is 7.30. The molecular weight excluding hydrogens is 448 g/mol. The summed E-state index contributed by atoms with van der Waals surface area (Å²) in [5.74, 6) is -1.87. The summed E-state index contributed by atoms with van der Waals surface area (Å²) in [6.07, 6.45) is 1.48. The van der Waals surface area contributed by atoms with Gasteiger partial charge < -0.3 is 14.1 Å². The largest absolute Gasteiger partial charge is 0.464 e. The number of likely N-dealkylation sites (tertiary alicyclic amines) is 1. The van der Waals surface area contributed by atoms with Crippen LogP contribution in [-0.4, -0.2) is 76.4 Å². The predicted octanol–water partition coefficient (Wildman–Crippen LogP) is 2.37. The maximum Gasteiger partial charge on any atom is 0.291 e. The topological polar surface area (TPSA) is 97.9 Å². The third-order valence-electron chi connectivity index (χ3n) is 6.78. The number of hydrogen-bond acceptors (Lipinski definition) is 7. The molecule has 0 radical (unpaired) electrons. The van der Waals surface area contributed by atoms with Crippen LogP contribution in [0.4, 0.5) is 0 Å². The van der Waals surface area contributed by atoms with Crippen molar-refractivity contribution < 1.29 is 23.5 Å². The van der Waals surface area contributed by atoms with Crippen LogP contribution in [0.25, 0.3) is 5.69 Å². The van der Waals surface area contributed by atoms with E-state index in [1.807, 2.05) is 30.3 Å². The average molecular weight is 477 g/mol. The van der Waals surface area contributed by atoms with Crippen LogP contribution in [-0.2, 0) is 14.3 Å². The van der Waals surface area contributed by atoms with Gasteiger partial charge in [0.15, 0.2) is 5.78 Å². The lowest BCUT2D eigenvalue weighted by Crippen LogP contribution is -2.42. The first-order valence-electron chi connectivity index (χ1n) is 11.8. The number of para-hydroxylation sites is 1. The Balaban J connectivity index is 1.47. The lowest BCUT2D eigenvalue weighted by Gasteiger charge is -2.30. The van der Waals surface area contributed by atoms with Crippen molar-refractivity contribution in [2.24, 2.45) is 5.92 Å². The summed E-state index contributed by atoms with van der Waals surface area (Å²) in [4.78, 5) is 43.9. The first kappa shape index (κ1) is 23.2. The number of carbonyl (C=O) groups is 3. The van der Waals surface area contributed by atoms with Crippen molar-refractivity contribution in [1.82, 2.24) is 19.6 Å². The lowest BCUT2D eigenvalue weighted by atomic mass is 9.89. The Morgan fingerprint density at radius 2 is 1.77 bits per heavy atom. The number of aryl methyl sites for hydroxylation is 1. The summed E-state index contributed by atoms with van der Waals surface area (Å²) >= 11 is 0. The maximum atomic E-state index is 13.8. The van der Waals surface area contributed by atoms with E-state index in [-0.39, 0.29) is 0 Å². The van der Waals surface area contributed by atoms with Gasteiger partial charge >= 0.3 is 0 Å². The Bertz CT molecular complexity index is 1240. The molecule has 2 atom stereocenters. The second-order valence-electron chi connectivity index (χ2n) is 8.94. The van der Waals surface area contributed by atoms with Crippen molar-refractivity contribution in [3.05, 3.63) is 71.4 Å². The van der Waals surface area contributed by atoms with Gasteiger partial charge in [-0.2, -0.15) is 5.10 Å². The highest BCUT2D eigenvalue weighted by molar-refractivity contribution is 6.44. The molecule has 5 rings (SSSR count). The molecule has 9 heteroatoms. The number of morpholine rings is 1. The molecule has 0 N–H and O–H groups in total. The molecule has 0 saturated carbocycles. The molecule has 0 aliphatic carbocycles. The molecule has 2 fully saturated rings. The molecule has 2 unspecified atom stereocenters. The fourth-order valence-corrected chi connectivity index (χ4v) is 4.88. The number of furan rings is 1. The van der Waals surface area contributed by atoms with Crippen LogP contribution in [0, 0.1) is 19.8 Å². The van der Waals surface area contributed by atoms with Gasteiger partial charge in [0.2, 0.25) is 5.78 Å². The van der Waals surface area contributed by atoms with Crippen molar-refractivity contribution >= 4 is 17.5 Å². The van der Waals surface area contributed by atoms with E-state index in [2.05, 4.69) is 10.00 Å². The van der Waals surface area contributed by atoms with Gasteiger partial charge in [0.05, 0.1) is 36.4 Å². The average Bonchev–Trinajstić information content (AvgIpc) is 3.55. The van der Waals surface area contributed by atoms with E-state index in [0.29, 0.717) is 49.1 Å². The van der Waals surface area contributed by atoms with Gasteiger partial charge in [0, 0.05) is 26.2 Å². The molecule has 2 saturated heterocycles. The predicted molar refractivity (Wildman–Crippen MR) is 126 cm³/mol. The number of rotatable bonds is 7. The number of ether oxygens (including phenoxy) is 1. The minimum atomic E-state index is -1.19. The van der Waals surface area contributed by atoms with Gasteiger partial charge in [-0.05, 0) is 38.1 Å². The van der Waals surface area contributed by atoms with Crippen LogP contribution >= 0.6 is 0 Å². The lowest BCUT2D eigenvalue weighted by molar-refractivity contribution is -0.141. The fourth-order valence-electron chi connectivity index (χ4n) is 4.88. The minimum Gasteiger partial charge on any atom is -0.464 e. The van der Waals surface area contributed by atoms with E-state index < -0.39 is 29.4 Å². The molecule has 4 heterocycles. The van der Waals surface area contributed by atoms with Crippen molar-refractivity contribution in [2.45, 2.75) is 19.9 Å². The number of nitrogens with zero attached hydrogens (tertiary/aromatic N) is 4. The monoisotopic (exact) mass is 476 g/mol. The SMILES string of the molecule is Cc1ccc(C2C(C(=O)c3cnn(-c4ccccc4)c3C)C(=O)C(=O)N2CCN2CCOCC2)o1. The van der Waals surface area contributed by atoms with E-state index in [0.717, 1.165) is 18.8 Å². The molecule has 2 aliphatic rings. The highest BCUT2D eigenvalue weighted by Crippen LogP contribution is 2.39. The number of amides is 1. The number of benzene rings is 1. The molecule has 2 aliphatic heterocycles. The molecule has 1 aromatic carbocycles. The summed E-state index contributed by atoms with van der Waals surface area (Å²) in [6, 6.07) is 12.2. The Morgan fingerprint density at radius 1 is 1.03 bits per heavy atom. The van der Waals surface area contributed by atoms with Crippen LogP contribution in [0.1, 0.15) is 33.6 Å². The number of ketones is 2. The molecule has 1 amide bonds. The highest BCUT2D eigenvalue weighted by Gasteiger charge is 2.53. The molecule has 2 aromatic heterocycles. The molecule has 182 valence electrons. The van der Waals surface area contributed by atoms with Gasteiger partial charge in [-0.15, -0.1) is 0 Å². The van der Waals surface area contributed by atoms with Gasteiger partial charge in [-0.3, -0.25) is 19.3 Å². The Morgan fingerprint density at radius 3 is 2.46 bits per heavy atom. The Kier molecular flexibility index (Phi) is 6.36. The zero-order chi connectivity index (χ0) is 24.5. The minimum absolute atomic E-state index is 0.320. The van der Waals surface area contributed by atoms with E-state index in [4.69, 9.17) is 9.15 Å². The first-order chi connectivity index (χ1) is 17.0. The number of hydrogen-bond donors (Lipinski definition) is 0. The van der Waals surface area contributed by atoms with Gasteiger partial charge in [-0.25, -0.2) is 4.68 Å². The number of aromatic nitrogens is 2. The van der Waals surface area contributed by atoms with Crippen molar-refractivity contribution in [3.63, 3.8) is 0 Å². The van der Waals surface area contributed by atoms with Crippen molar-refractivity contribution in [1.29, 1.82) is 0 Å². The summed E-state index contributed by atoms with van der Waals surface area (Å²) in [5.41, 5.74) is 1.74. The molecule has 3 aromatic rings. The normalized spacial score (nSPS) is 21.1. The smallest absolute Gasteiger partial charge is 0.291 e. The summed E-state index contributed by atoms with van der Waals surface area (Å²) < 4.78 is 12.9. The third-order valence-corrected chi connectivity index (χ3v) is 6.78. The van der Waals surface area contributed by atoms with Gasteiger partial charge in [-0.1, -0.05) is 18.2 Å². The molecular formula is C26H28N4O5. The van der Waals surface area contributed by atoms with E-state index in [1.165, 1.54) is 11.1 Å². The standard InChI is InChI=1S/C26H28N4O5/c1-17-8-9-21(35-17)23-22(25(32)26(33)29(23)11-10-28-12-14-34-15-13-28)24(31)20-16-27-30(18(20)2)19-6-4-3-5-7-19/h3-9,16,22-23H,10-15H2,1-2H3. The third kappa shape index (κ3) is 4.33. The molecule has 0 spiro atoms. The fraction of sp³-hybridized carbons (Fsp3) is 0.385. The van der Waals surface area contributed by atoms with Crippen LogP contribution in [0.3, 0.4) is 0 Å². The van der Waals surface area contributed by atoms with Crippen molar-refractivity contribution in [2.75, 3.05) is 39.4 Å². The number of carbonyl (C=O) groups excluding carboxylic acids is 3. The zero-order valence-electron chi connectivity index (χ0n) is 19.8. The van der Waals surface area contributed by atoms with E-state index in [9.17, 15) is 14.4 Å². The van der Waals surface area contributed by atoms with Crippen LogP contribution in [0.5, 0.6) is 0 Å². The van der Waals surface area contributed by atoms with Gasteiger partial charge in [0.25, 0.3) is 5.91 Å².